The first-order chi connectivity index (χ1) is 8.22. The van der Waals surface area contributed by atoms with E-state index in [2.05, 4.69) is 4.98 Å². The highest BCUT2D eigenvalue weighted by Crippen LogP contribution is 2.15. The fourth-order valence-corrected chi connectivity index (χ4v) is 1.85. The van der Waals surface area contributed by atoms with E-state index in [4.69, 9.17) is 4.74 Å². The Bertz CT molecular complexity index is 423. The molecule has 0 spiro atoms. The average Bonchev–Trinajstić information content (AvgIpc) is 2.77. The van der Waals surface area contributed by atoms with Crippen LogP contribution in [0.5, 0.6) is 0 Å². The van der Waals surface area contributed by atoms with Crippen LogP contribution in [0.1, 0.15) is 37.4 Å². The van der Waals surface area contributed by atoms with Gasteiger partial charge in [-0.15, -0.1) is 11.3 Å². The molecule has 6 heteroatoms. The summed E-state index contributed by atoms with van der Waals surface area (Å²) in [6, 6.07) is -0.569. The Morgan fingerprint density at radius 2 is 2.06 bits per heavy atom. The van der Waals surface area contributed by atoms with E-state index < -0.39 is 17.7 Å². The molecule has 5 nitrogen and oxygen atoms in total. The predicted octanol–water partition coefficient (Wildman–Crippen LogP) is 2.58. The van der Waals surface area contributed by atoms with Gasteiger partial charge in [-0.1, -0.05) is 0 Å². The van der Waals surface area contributed by atoms with Crippen molar-refractivity contribution in [3.63, 3.8) is 0 Å². The van der Waals surface area contributed by atoms with Gasteiger partial charge in [-0.25, -0.2) is 4.79 Å². The molecule has 1 heterocycles. The molecule has 1 amide bonds. The van der Waals surface area contributed by atoms with Crippen LogP contribution in [0.4, 0.5) is 4.79 Å². The van der Waals surface area contributed by atoms with Gasteiger partial charge in [-0.2, -0.15) is 0 Å². The topological polar surface area (TPSA) is 59.5 Å². The number of ether oxygens (including phenoxy) is 1. The van der Waals surface area contributed by atoms with Gasteiger partial charge in [-0.05, 0) is 27.7 Å². The molecule has 100 valence electrons. The van der Waals surface area contributed by atoms with E-state index in [0.29, 0.717) is 4.88 Å². The second-order valence-corrected chi connectivity index (χ2v) is 5.88. The van der Waals surface area contributed by atoms with E-state index in [9.17, 15) is 9.59 Å². The van der Waals surface area contributed by atoms with Gasteiger partial charge in [0, 0.05) is 13.2 Å². The number of Topliss-reactive ketones (excluding diaryl/α,β-unsaturated/α-hetero) is 1. The zero-order valence-electron chi connectivity index (χ0n) is 11.3. The summed E-state index contributed by atoms with van der Waals surface area (Å²) in [5.41, 5.74) is 1.02. The summed E-state index contributed by atoms with van der Waals surface area (Å²) in [5.74, 6) is -0.133. The van der Waals surface area contributed by atoms with E-state index in [0.717, 1.165) is 0 Å². The summed E-state index contributed by atoms with van der Waals surface area (Å²) in [6.07, 6.45) is 1.000. The largest absolute Gasteiger partial charge is 0.444 e. The lowest BCUT2D eigenvalue weighted by Crippen LogP contribution is -2.43. The third-order valence-corrected chi connectivity index (χ3v) is 3.10. The number of amides is 1. The SMILES string of the molecule is C[C@@H](C(=O)c1cncs1)N(C)C(=O)OC(C)(C)C. The molecule has 18 heavy (non-hydrogen) atoms. The Balaban J connectivity index is 2.69. The van der Waals surface area contributed by atoms with Crippen molar-refractivity contribution in [3.05, 3.63) is 16.6 Å². The molecule has 0 unspecified atom stereocenters. The molecule has 0 radical (unpaired) electrons. The number of carbonyl (C=O) groups excluding carboxylic acids is 2. The third kappa shape index (κ3) is 3.80. The summed E-state index contributed by atoms with van der Waals surface area (Å²) in [7, 11) is 1.55. The minimum atomic E-state index is -0.571. The monoisotopic (exact) mass is 270 g/mol. The lowest BCUT2D eigenvalue weighted by Gasteiger charge is -2.27. The van der Waals surface area contributed by atoms with Gasteiger partial charge in [0.1, 0.15) is 5.60 Å². The molecule has 0 N–H and O–H groups in total. The Kier molecular flexibility index (Phi) is 4.45. The molecule has 0 bridgehead atoms. The van der Waals surface area contributed by atoms with Crippen LogP contribution < -0.4 is 0 Å². The number of hydrogen-bond donors (Lipinski definition) is 0. The Morgan fingerprint density at radius 3 is 2.50 bits per heavy atom. The van der Waals surface area contributed by atoms with Crippen molar-refractivity contribution in [1.82, 2.24) is 9.88 Å². The van der Waals surface area contributed by atoms with E-state index in [1.165, 1.54) is 22.4 Å². The summed E-state index contributed by atoms with van der Waals surface area (Å²) in [6.45, 7) is 7.03. The molecule has 1 atom stereocenters. The molecule has 1 aromatic rings. The van der Waals surface area contributed by atoms with Gasteiger partial charge in [0.2, 0.25) is 0 Å². The lowest BCUT2D eigenvalue weighted by atomic mass is 10.2. The second-order valence-electron chi connectivity index (χ2n) is 5.00. The second kappa shape index (κ2) is 5.48. The minimum Gasteiger partial charge on any atom is -0.444 e. The molecule has 0 saturated heterocycles. The highest BCUT2D eigenvalue weighted by molar-refractivity contribution is 7.11. The first-order valence-corrected chi connectivity index (χ1v) is 6.49. The number of hydrogen-bond acceptors (Lipinski definition) is 5. The molecule has 0 aliphatic rings. The van der Waals surface area contributed by atoms with Crippen molar-refractivity contribution >= 4 is 23.2 Å². The fraction of sp³-hybridized carbons (Fsp3) is 0.583. The molecule has 0 saturated carbocycles. The molecule has 1 aromatic heterocycles. The smallest absolute Gasteiger partial charge is 0.410 e. The number of likely N-dealkylation sites (N-methyl/N-ethyl adjacent to an activating group) is 1. The summed E-state index contributed by atoms with van der Waals surface area (Å²) in [4.78, 5) is 29.5. The zero-order chi connectivity index (χ0) is 13.9. The van der Waals surface area contributed by atoms with Crippen LogP contribution >= 0.6 is 11.3 Å². The first-order valence-electron chi connectivity index (χ1n) is 5.61. The van der Waals surface area contributed by atoms with E-state index in [1.54, 1.807) is 40.3 Å². The maximum atomic E-state index is 12.0. The highest BCUT2D eigenvalue weighted by atomic mass is 32.1. The predicted molar refractivity (Wildman–Crippen MR) is 69.9 cm³/mol. The lowest BCUT2D eigenvalue weighted by molar-refractivity contribution is 0.0232. The Labute approximate surface area is 111 Å². The van der Waals surface area contributed by atoms with Crippen molar-refractivity contribution in [2.45, 2.75) is 39.3 Å². The van der Waals surface area contributed by atoms with Crippen LogP contribution in [0.3, 0.4) is 0 Å². The maximum Gasteiger partial charge on any atom is 0.410 e. The molecule has 0 fully saturated rings. The number of rotatable bonds is 3. The van der Waals surface area contributed by atoms with Gasteiger partial charge in [0.05, 0.1) is 16.4 Å². The molecular formula is C12H18N2O3S. The quantitative estimate of drug-likeness (QED) is 0.792. The fourth-order valence-electron chi connectivity index (χ4n) is 1.21. The van der Waals surface area contributed by atoms with E-state index >= 15 is 0 Å². The standard InChI is InChI=1S/C12H18N2O3S/c1-8(10(15)9-6-13-7-18-9)14(5)11(16)17-12(2,3)4/h6-8H,1-5H3/t8-/m0/s1. The van der Waals surface area contributed by atoms with Crippen molar-refractivity contribution < 1.29 is 14.3 Å². The van der Waals surface area contributed by atoms with Crippen molar-refractivity contribution in [2.75, 3.05) is 7.05 Å². The molecule has 0 aromatic carbocycles. The number of carbonyl (C=O) groups is 2. The molecule has 0 aliphatic carbocycles. The third-order valence-electron chi connectivity index (χ3n) is 2.32. The summed E-state index contributed by atoms with van der Waals surface area (Å²) in [5, 5.41) is 0. The highest BCUT2D eigenvalue weighted by Gasteiger charge is 2.27. The van der Waals surface area contributed by atoms with E-state index in [1.807, 2.05) is 0 Å². The summed E-state index contributed by atoms with van der Waals surface area (Å²) >= 11 is 1.26. The first kappa shape index (κ1) is 14.6. The normalized spacial score (nSPS) is 12.9. The van der Waals surface area contributed by atoms with Crippen molar-refractivity contribution in [3.8, 4) is 0 Å². The van der Waals surface area contributed by atoms with Crippen LogP contribution in [0.25, 0.3) is 0 Å². The molecule has 1 rings (SSSR count). The van der Waals surface area contributed by atoms with Crippen molar-refractivity contribution in [1.29, 1.82) is 0 Å². The van der Waals surface area contributed by atoms with E-state index in [-0.39, 0.29) is 5.78 Å². The van der Waals surface area contributed by atoms with Crippen LogP contribution in [-0.2, 0) is 4.74 Å². The zero-order valence-corrected chi connectivity index (χ0v) is 12.1. The van der Waals surface area contributed by atoms with Crippen LogP contribution in [0.2, 0.25) is 0 Å². The molecular weight excluding hydrogens is 252 g/mol. The van der Waals surface area contributed by atoms with Gasteiger partial charge in [0.25, 0.3) is 0 Å². The number of thiazole rings is 1. The van der Waals surface area contributed by atoms with Gasteiger partial charge in [-0.3, -0.25) is 9.78 Å². The average molecular weight is 270 g/mol. The van der Waals surface area contributed by atoms with Crippen LogP contribution in [0.15, 0.2) is 11.7 Å². The summed E-state index contributed by atoms with van der Waals surface area (Å²) < 4.78 is 5.21. The van der Waals surface area contributed by atoms with Crippen LogP contribution in [0, 0.1) is 0 Å². The number of ketones is 1. The Hall–Kier alpha value is -1.43. The van der Waals surface area contributed by atoms with Gasteiger partial charge >= 0.3 is 6.09 Å². The van der Waals surface area contributed by atoms with Gasteiger partial charge in [0.15, 0.2) is 5.78 Å². The minimum absolute atomic E-state index is 0.133. The molecule has 0 aliphatic heterocycles. The van der Waals surface area contributed by atoms with Crippen LogP contribution in [-0.4, -0.2) is 40.5 Å². The maximum absolute atomic E-state index is 12.0. The number of nitrogens with zero attached hydrogens (tertiary/aromatic N) is 2. The number of aromatic nitrogens is 1. The van der Waals surface area contributed by atoms with Crippen molar-refractivity contribution in [2.24, 2.45) is 0 Å². The Morgan fingerprint density at radius 1 is 1.44 bits per heavy atom. The van der Waals surface area contributed by atoms with Gasteiger partial charge < -0.3 is 9.64 Å².